The maximum atomic E-state index is 12.7. The predicted molar refractivity (Wildman–Crippen MR) is 71.6 cm³/mol. The Bertz CT molecular complexity index is 712. The summed E-state index contributed by atoms with van der Waals surface area (Å²) in [5.74, 6) is 0. The smallest absolute Gasteiger partial charge is 0.279 e. The van der Waals surface area contributed by atoms with E-state index < -0.39 is 26.8 Å². The maximum absolute atomic E-state index is 12.7. The number of alkyl halides is 3. The van der Waals surface area contributed by atoms with Crippen molar-refractivity contribution in [2.45, 2.75) is 10.4 Å². The molecule has 2 rings (SSSR count). The van der Waals surface area contributed by atoms with Crippen molar-refractivity contribution in [2.24, 2.45) is 0 Å². The van der Waals surface area contributed by atoms with Crippen LogP contribution in [0.4, 0.5) is 18.9 Å². The largest absolute Gasteiger partial charge is 0.417 e. The number of halogens is 4. The highest BCUT2D eigenvalue weighted by Crippen LogP contribution is 2.36. The quantitative estimate of drug-likeness (QED) is 0.908. The minimum atomic E-state index is -4.65. The number of rotatable bonds is 3. The molecule has 0 bridgehead atoms. The van der Waals surface area contributed by atoms with Crippen LogP contribution in [0.3, 0.4) is 0 Å². The monoisotopic (exact) mass is 341 g/mol. The highest BCUT2D eigenvalue weighted by atomic mass is 35.5. The Hall–Kier alpha value is -1.25. The minimum Gasteiger partial charge on any atom is -0.279 e. The standard InChI is InChI=1S/C11H7ClF3NO2S2/c12-9-4-3-7(6-8(9)11(13,14)15)16-20(17,18)10-2-1-5-19-10/h1-6,16H. The summed E-state index contributed by atoms with van der Waals surface area (Å²) in [6.07, 6.45) is -4.65. The Labute approximate surface area is 122 Å². The summed E-state index contributed by atoms with van der Waals surface area (Å²) < 4.78 is 63.9. The molecule has 0 aliphatic heterocycles. The lowest BCUT2D eigenvalue weighted by Crippen LogP contribution is -2.13. The summed E-state index contributed by atoms with van der Waals surface area (Å²) in [5, 5.41) is 1.06. The van der Waals surface area contributed by atoms with Crippen molar-refractivity contribution in [3.8, 4) is 0 Å². The molecule has 0 aliphatic rings. The molecule has 0 amide bonds. The van der Waals surface area contributed by atoms with Gasteiger partial charge in [0, 0.05) is 5.69 Å². The second kappa shape index (κ2) is 5.27. The molecule has 1 N–H and O–H groups in total. The lowest BCUT2D eigenvalue weighted by Gasteiger charge is -2.12. The Balaban J connectivity index is 2.36. The fourth-order valence-electron chi connectivity index (χ4n) is 1.43. The van der Waals surface area contributed by atoms with Crippen LogP contribution in [-0.2, 0) is 16.2 Å². The highest BCUT2D eigenvalue weighted by molar-refractivity contribution is 7.94. The topological polar surface area (TPSA) is 46.2 Å². The number of hydrogen-bond donors (Lipinski definition) is 1. The molecular formula is C11H7ClF3NO2S2. The second-order valence-electron chi connectivity index (χ2n) is 3.73. The average Bonchev–Trinajstić information content (AvgIpc) is 2.84. The van der Waals surface area contributed by atoms with Crippen LogP contribution in [0.15, 0.2) is 39.9 Å². The normalized spacial score (nSPS) is 12.4. The summed E-state index contributed by atoms with van der Waals surface area (Å²) in [6, 6.07) is 5.71. The van der Waals surface area contributed by atoms with E-state index >= 15 is 0 Å². The number of hydrogen-bond acceptors (Lipinski definition) is 3. The van der Waals surface area contributed by atoms with Crippen LogP contribution in [0.1, 0.15) is 5.56 Å². The molecule has 0 spiro atoms. The van der Waals surface area contributed by atoms with Gasteiger partial charge in [0.25, 0.3) is 10.0 Å². The van der Waals surface area contributed by atoms with E-state index in [0.717, 1.165) is 17.4 Å². The van der Waals surface area contributed by atoms with Crippen LogP contribution >= 0.6 is 22.9 Å². The van der Waals surface area contributed by atoms with E-state index in [2.05, 4.69) is 4.72 Å². The van der Waals surface area contributed by atoms with Gasteiger partial charge in [0.2, 0.25) is 0 Å². The fourth-order valence-corrected chi connectivity index (χ4v) is 3.69. The number of anilines is 1. The Morgan fingerprint density at radius 2 is 1.90 bits per heavy atom. The van der Waals surface area contributed by atoms with Crippen molar-refractivity contribution in [1.29, 1.82) is 0 Å². The van der Waals surface area contributed by atoms with Crippen LogP contribution in [0.25, 0.3) is 0 Å². The third-order valence-corrected chi connectivity index (χ3v) is 5.39. The minimum absolute atomic E-state index is 0.0148. The first-order valence-corrected chi connectivity index (χ1v) is 7.87. The summed E-state index contributed by atoms with van der Waals surface area (Å²) in [6.45, 7) is 0. The van der Waals surface area contributed by atoms with Crippen molar-refractivity contribution in [3.05, 3.63) is 46.3 Å². The first-order valence-electron chi connectivity index (χ1n) is 5.13. The predicted octanol–water partition coefficient (Wildman–Crippen LogP) is 4.22. The first-order chi connectivity index (χ1) is 9.20. The molecule has 20 heavy (non-hydrogen) atoms. The third-order valence-electron chi connectivity index (χ3n) is 2.28. The van der Waals surface area contributed by atoms with E-state index in [9.17, 15) is 21.6 Å². The van der Waals surface area contributed by atoms with E-state index in [1.165, 1.54) is 18.2 Å². The number of sulfonamides is 1. The zero-order valence-electron chi connectivity index (χ0n) is 9.61. The van der Waals surface area contributed by atoms with E-state index in [4.69, 9.17) is 11.6 Å². The van der Waals surface area contributed by atoms with Gasteiger partial charge in [-0.25, -0.2) is 8.42 Å². The third kappa shape index (κ3) is 3.25. The molecule has 1 heterocycles. The van der Waals surface area contributed by atoms with E-state index in [1.807, 2.05) is 0 Å². The number of thiophene rings is 1. The number of nitrogens with one attached hydrogen (secondary N) is 1. The summed E-state index contributed by atoms with van der Waals surface area (Å²) in [5.41, 5.74) is -1.29. The first kappa shape index (κ1) is 15.1. The molecule has 2 aromatic rings. The summed E-state index contributed by atoms with van der Waals surface area (Å²) in [4.78, 5) is 0. The van der Waals surface area contributed by atoms with Gasteiger partial charge >= 0.3 is 6.18 Å². The van der Waals surface area contributed by atoms with Gasteiger partial charge in [-0.1, -0.05) is 17.7 Å². The molecule has 0 fully saturated rings. The van der Waals surface area contributed by atoms with Crippen LogP contribution in [0, 0.1) is 0 Å². The Kier molecular flexibility index (Phi) is 3.99. The van der Waals surface area contributed by atoms with Gasteiger partial charge in [-0.2, -0.15) is 13.2 Å². The van der Waals surface area contributed by atoms with Crippen LogP contribution in [0.5, 0.6) is 0 Å². The fraction of sp³-hybridized carbons (Fsp3) is 0.0909. The zero-order chi connectivity index (χ0) is 15.0. The Morgan fingerprint density at radius 1 is 1.20 bits per heavy atom. The summed E-state index contributed by atoms with van der Waals surface area (Å²) >= 11 is 6.42. The maximum Gasteiger partial charge on any atom is 0.417 e. The van der Waals surface area contributed by atoms with Crippen molar-refractivity contribution in [2.75, 3.05) is 4.72 Å². The van der Waals surface area contributed by atoms with Gasteiger partial charge < -0.3 is 0 Å². The molecule has 108 valence electrons. The highest BCUT2D eigenvalue weighted by Gasteiger charge is 2.33. The summed E-state index contributed by atoms with van der Waals surface area (Å²) in [7, 11) is -3.89. The molecule has 0 saturated carbocycles. The van der Waals surface area contributed by atoms with Crippen molar-refractivity contribution < 1.29 is 21.6 Å². The van der Waals surface area contributed by atoms with Gasteiger partial charge in [0.05, 0.1) is 10.6 Å². The number of benzene rings is 1. The molecule has 9 heteroatoms. The molecule has 0 unspecified atom stereocenters. The molecule has 0 aliphatic carbocycles. The second-order valence-corrected chi connectivity index (χ2v) is 6.99. The van der Waals surface area contributed by atoms with Gasteiger partial charge in [-0.05, 0) is 29.6 Å². The van der Waals surface area contributed by atoms with Gasteiger partial charge in [0.1, 0.15) is 4.21 Å². The SMILES string of the molecule is O=S(=O)(Nc1ccc(Cl)c(C(F)(F)F)c1)c1cccs1. The van der Waals surface area contributed by atoms with Gasteiger partial charge in [-0.3, -0.25) is 4.72 Å². The van der Waals surface area contributed by atoms with Crippen molar-refractivity contribution in [3.63, 3.8) is 0 Å². The zero-order valence-corrected chi connectivity index (χ0v) is 12.0. The van der Waals surface area contributed by atoms with E-state index in [0.29, 0.717) is 6.07 Å². The molecule has 0 radical (unpaired) electrons. The van der Waals surface area contributed by atoms with Crippen LogP contribution < -0.4 is 4.72 Å². The lowest BCUT2D eigenvalue weighted by atomic mass is 10.2. The van der Waals surface area contributed by atoms with Gasteiger partial charge in [-0.15, -0.1) is 11.3 Å². The molecular weight excluding hydrogens is 335 g/mol. The molecule has 0 atom stereocenters. The van der Waals surface area contributed by atoms with Crippen molar-refractivity contribution >= 4 is 38.6 Å². The molecule has 1 aromatic carbocycles. The van der Waals surface area contributed by atoms with E-state index in [-0.39, 0.29) is 9.90 Å². The van der Waals surface area contributed by atoms with E-state index in [1.54, 1.807) is 5.38 Å². The lowest BCUT2D eigenvalue weighted by molar-refractivity contribution is -0.137. The molecule has 1 aromatic heterocycles. The molecule has 3 nitrogen and oxygen atoms in total. The average molecular weight is 342 g/mol. The van der Waals surface area contributed by atoms with Crippen molar-refractivity contribution in [1.82, 2.24) is 0 Å². The Morgan fingerprint density at radius 3 is 2.45 bits per heavy atom. The van der Waals surface area contributed by atoms with Gasteiger partial charge in [0.15, 0.2) is 0 Å². The molecule has 0 saturated heterocycles. The van der Waals surface area contributed by atoms with Crippen LogP contribution in [-0.4, -0.2) is 8.42 Å². The van der Waals surface area contributed by atoms with Crippen LogP contribution in [0.2, 0.25) is 5.02 Å².